The first kappa shape index (κ1) is 12.3. The van der Waals surface area contributed by atoms with E-state index in [0.717, 1.165) is 17.8 Å². The number of pyridine rings is 1. The largest absolute Gasteiger partial charge is 0.478 e. The third kappa shape index (κ3) is 2.38. The molecule has 1 unspecified atom stereocenters. The highest BCUT2D eigenvalue weighted by Gasteiger charge is 2.20. The normalized spacial score (nSPS) is 18.1. The molecule has 0 aliphatic heterocycles. The number of aromatic nitrogens is 2. The van der Waals surface area contributed by atoms with Crippen LogP contribution in [-0.2, 0) is 12.8 Å². The molecule has 1 aliphatic rings. The monoisotopic (exact) mass is 274 g/mol. The Morgan fingerprint density at radius 3 is 3.16 bits per heavy atom. The minimum absolute atomic E-state index is 0.256. The minimum atomic E-state index is -0.932. The maximum absolute atomic E-state index is 11.0. The van der Waals surface area contributed by atoms with Gasteiger partial charge in [0.2, 0.25) is 0 Å². The second-order valence-electron chi connectivity index (χ2n) is 4.97. The number of aryl methyl sites for hydroxylation is 1. The van der Waals surface area contributed by atoms with E-state index in [2.05, 4.69) is 16.9 Å². The number of hydrogen-bond acceptors (Lipinski definition) is 4. The molecule has 2 aromatic rings. The second kappa shape index (κ2) is 4.74. The summed E-state index contributed by atoms with van der Waals surface area (Å²) in [5.41, 5.74) is 2.08. The van der Waals surface area contributed by atoms with Crippen molar-refractivity contribution in [2.24, 2.45) is 5.92 Å². The summed E-state index contributed by atoms with van der Waals surface area (Å²) >= 11 is 1.65. The molecule has 3 rings (SSSR count). The number of thiazole rings is 1. The van der Waals surface area contributed by atoms with Crippen LogP contribution in [0.5, 0.6) is 0 Å². The van der Waals surface area contributed by atoms with Gasteiger partial charge in [0.05, 0.1) is 17.0 Å². The first-order valence-corrected chi connectivity index (χ1v) is 7.13. The molecule has 1 atom stereocenters. The lowest BCUT2D eigenvalue weighted by Crippen LogP contribution is -2.09. The molecule has 1 aliphatic carbocycles. The zero-order valence-corrected chi connectivity index (χ0v) is 11.4. The number of carboxylic acids is 1. The Hall–Kier alpha value is -1.75. The number of carboxylic acid groups (broad SMARTS) is 1. The fraction of sp³-hybridized carbons (Fsp3) is 0.357. The van der Waals surface area contributed by atoms with Gasteiger partial charge in [0, 0.05) is 11.1 Å². The van der Waals surface area contributed by atoms with Crippen LogP contribution in [0, 0.1) is 5.92 Å². The van der Waals surface area contributed by atoms with E-state index in [1.54, 1.807) is 17.4 Å². The molecule has 0 spiro atoms. The van der Waals surface area contributed by atoms with Crippen LogP contribution in [0.2, 0.25) is 0 Å². The van der Waals surface area contributed by atoms with Gasteiger partial charge in [-0.1, -0.05) is 6.92 Å². The van der Waals surface area contributed by atoms with Crippen molar-refractivity contribution in [2.45, 2.75) is 26.2 Å². The van der Waals surface area contributed by atoms with Crippen LogP contribution < -0.4 is 0 Å². The predicted octanol–water partition coefficient (Wildman–Crippen LogP) is 3.03. The van der Waals surface area contributed by atoms with Crippen LogP contribution in [0.4, 0.5) is 0 Å². The van der Waals surface area contributed by atoms with Gasteiger partial charge >= 0.3 is 5.97 Å². The third-order valence-electron chi connectivity index (χ3n) is 3.41. The Balaban J connectivity index is 1.99. The summed E-state index contributed by atoms with van der Waals surface area (Å²) in [5.74, 6) is -0.224. The molecule has 0 fully saturated rings. The molecule has 5 heteroatoms. The molecular formula is C14H14N2O2S. The fourth-order valence-electron chi connectivity index (χ4n) is 2.33. The van der Waals surface area contributed by atoms with Gasteiger partial charge in [0.25, 0.3) is 0 Å². The van der Waals surface area contributed by atoms with E-state index in [4.69, 9.17) is 5.11 Å². The SMILES string of the molecule is CC1CCc2nc(-c3cc(C(=O)O)ccn3)sc2C1. The van der Waals surface area contributed by atoms with Crippen molar-refractivity contribution in [2.75, 3.05) is 0 Å². The molecule has 1 N–H and O–H groups in total. The lowest BCUT2D eigenvalue weighted by Gasteiger charge is -2.15. The molecule has 2 aromatic heterocycles. The number of fused-ring (bicyclic) bond motifs is 1. The fourth-order valence-corrected chi connectivity index (χ4v) is 3.57. The third-order valence-corrected chi connectivity index (χ3v) is 4.55. The van der Waals surface area contributed by atoms with Gasteiger partial charge in [-0.2, -0.15) is 0 Å². The summed E-state index contributed by atoms with van der Waals surface area (Å²) in [7, 11) is 0. The second-order valence-corrected chi connectivity index (χ2v) is 6.06. The molecule has 2 heterocycles. The molecular weight excluding hydrogens is 260 g/mol. The van der Waals surface area contributed by atoms with Crippen LogP contribution in [0.1, 0.15) is 34.3 Å². The van der Waals surface area contributed by atoms with Crippen LogP contribution in [0.3, 0.4) is 0 Å². The zero-order valence-electron chi connectivity index (χ0n) is 10.6. The van der Waals surface area contributed by atoms with E-state index >= 15 is 0 Å². The van der Waals surface area contributed by atoms with Crippen molar-refractivity contribution in [1.82, 2.24) is 9.97 Å². The first-order chi connectivity index (χ1) is 9.13. The van der Waals surface area contributed by atoms with Gasteiger partial charge in [0.1, 0.15) is 5.01 Å². The summed E-state index contributed by atoms with van der Waals surface area (Å²) in [5, 5.41) is 9.84. The van der Waals surface area contributed by atoms with Gasteiger partial charge in [-0.05, 0) is 37.3 Å². The lowest BCUT2D eigenvalue weighted by molar-refractivity contribution is 0.0697. The van der Waals surface area contributed by atoms with Crippen molar-refractivity contribution in [1.29, 1.82) is 0 Å². The van der Waals surface area contributed by atoms with Crippen LogP contribution >= 0.6 is 11.3 Å². The minimum Gasteiger partial charge on any atom is -0.478 e. The van der Waals surface area contributed by atoms with Gasteiger partial charge in [0.15, 0.2) is 0 Å². The molecule has 0 saturated heterocycles. The first-order valence-electron chi connectivity index (χ1n) is 6.32. The van der Waals surface area contributed by atoms with E-state index in [1.165, 1.54) is 29.3 Å². The lowest BCUT2D eigenvalue weighted by atomic mass is 9.93. The average molecular weight is 274 g/mol. The van der Waals surface area contributed by atoms with Gasteiger partial charge in [-0.25, -0.2) is 9.78 Å². The molecule has 0 radical (unpaired) electrons. The zero-order chi connectivity index (χ0) is 13.4. The molecule has 0 saturated carbocycles. The summed E-state index contributed by atoms with van der Waals surface area (Å²) in [6.07, 6.45) is 4.80. The maximum atomic E-state index is 11.0. The predicted molar refractivity (Wildman–Crippen MR) is 73.5 cm³/mol. The van der Waals surface area contributed by atoms with E-state index in [-0.39, 0.29) is 5.56 Å². The number of carbonyl (C=O) groups is 1. The molecule has 4 nitrogen and oxygen atoms in total. The summed E-state index contributed by atoms with van der Waals surface area (Å²) < 4.78 is 0. The van der Waals surface area contributed by atoms with E-state index in [9.17, 15) is 4.79 Å². The van der Waals surface area contributed by atoms with E-state index < -0.39 is 5.97 Å². The molecule has 0 bridgehead atoms. The molecule has 19 heavy (non-hydrogen) atoms. The number of rotatable bonds is 2. The van der Waals surface area contributed by atoms with Crippen LogP contribution in [0.25, 0.3) is 10.7 Å². The van der Waals surface area contributed by atoms with Crippen molar-refractivity contribution in [3.63, 3.8) is 0 Å². The average Bonchev–Trinajstić information content (AvgIpc) is 2.81. The van der Waals surface area contributed by atoms with E-state index in [0.29, 0.717) is 11.6 Å². The number of hydrogen-bond donors (Lipinski definition) is 1. The van der Waals surface area contributed by atoms with Gasteiger partial charge < -0.3 is 5.11 Å². The number of nitrogens with zero attached hydrogens (tertiary/aromatic N) is 2. The summed E-state index contributed by atoms with van der Waals surface area (Å²) in [6, 6.07) is 3.09. The Labute approximate surface area is 115 Å². The number of aromatic carboxylic acids is 1. The highest BCUT2D eigenvalue weighted by atomic mass is 32.1. The van der Waals surface area contributed by atoms with Crippen molar-refractivity contribution >= 4 is 17.3 Å². The van der Waals surface area contributed by atoms with Crippen molar-refractivity contribution in [3.8, 4) is 10.7 Å². The standard InChI is InChI=1S/C14H14N2O2S/c1-8-2-3-10-12(6-8)19-13(16-10)11-7-9(14(17)18)4-5-15-11/h4-5,7-8H,2-3,6H2,1H3,(H,17,18). The molecule has 0 amide bonds. The Bertz CT molecular complexity index is 636. The molecule has 98 valence electrons. The topological polar surface area (TPSA) is 63.1 Å². The summed E-state index contributed by atoms with van der Waals surface area (Å²) in [4.78, 5) is 21.2. The maximum Gasteiger partial charge on any atom is 0.335 e. The van der Waals surface area contributed by atoms with Crippen molar-refractivity contribution in [3.05, 3.63) is 34.5 Å². The Morgan fingerprint density at radius 2 is 2.37 bits per heavy atom. The van der Waals surface area contributed by atoms with Crippen molar-refractivity contribution < 1.29 is 9.90 Å². The highest BCUT2D eigenvalue weighted by Crippen LogP contribution is 2.33. The Morgan fingerprint density at radius 1 is 1.53 bits per heavy atom. The quantitative estimate of drug-likeness (QED) is 0.914. The highest BCUT2D eigenvalue weighted by molar-refractivity contribution is 7.15. The van der Waals surface area contributed by atoms with Crippen LogP contribution in [-0.4, -0.2) is 21.0 Å². The summed E-state index contributed by atoms with van der Waals surface area (Å²) in [6.45, 7) is 2.26. The van der Waals surface area contributed by atoms with Crippen LogP contribution in [0.15, 0.2) is 18.3 Å². The van der Waals surface area contributed by atoms with E-state index in [1.807, 2.05) is 0 Å². The van der Waals surface area contributed by atoms with Gasteiger partial charge in [-0.3, -0.25) is 4.98 Å². The Kier molecular flexibility index (Phi) is 3.06. The van der Waals surface area contributed by atoms with Gasteiger partial charge in [-0.15, -0.1) is 11.3 Å². The smallest absolute Gasteiger partial charge is 0.335 e. The molecule has 0 aromatic carbocycles.